The van der Waals surface area contributed by atoms with Crippen LogP contribution in [0.15, 0.2) is 34.2 Å². The van der Waals surface area contributed by atoms with Gasteiger partial charge in [0.1, 0.15) is 11.9 Å². The number of nitrogens with one attached hydrogen (secondary N) is 2. The molecule has 2 aliphatic rings. The first-order valence-electron chi connectivity index (χ1n) is 11.4. The molecule has 0 spiro atoms. The number of likely N-dealkylation sites (tertiary alicyclic amines) is 1. The minimum absolute atomic E-state index is 0.0950. The fraction of sp³-hybridized carbons (Fsp3) is 0.348. The molecule has 1 saturated carbocycles. The zero-order valence-electron chi connectivity index (χ0n) is 18.6. The van der Waals surface area contributed by atoms with Crippen molar-refractivity contribution in [1.29, 1.82) is 0 Å². The fourth-order valence-electron chi connectivity index (χ4n) is 4.12. The van der Waals surface area contributed by atoms with Crippen molar-refractivity contribution < 1.29 is 14.3 Å². The topological polar surface area (TPSA) is 132 Å². The van der Waals surface area contributed by atoms with E-state index in [1.54, 1.807) is 27.8 Å². The second-order valence-corrected chi connectivity index (χ2v) is 9.90. The Bertz CT molecular complexity index is 1610. The van der Waals surface area contributed by atoms with E-state index in [4.69, 9.17) is 9.98 Å². The van der Waals surface area contributed by atoms with Crippen molar-refractivity contribution in [3.63, 3.8) is 0 Å². The van der Waals surface area contributed by atoms with Crippen LogP contribution in [0, 0.1) is 0 Å². The minimum atomic E-state index is -0.838. The molecular formula is C23H22FN7O3S. The van der Waals surface area contributed by atoms with E-state index in [1.165, 1.54) is 11.3 Å². The summed E-state index contributed by atoms with van der Waals surface area (Å²) in [6.45, 7) is 0.843. The lowest BCUT2D eigenvalue weighted by Crippen LogP contribution is -2.38. The van der Waals surface area contributed by atoms with Gasteiger partial charge in [-0.25, -0.2) is 14.2 Å². The van der Waals surface area contributed by atoms with Gasteiger partial charge in [0.2, 0.25) is 5.88 Å². The summed E-state index contributed by atoms with van der Waals surface area (Å²) < 4.78 is 15.1. The maximum Gasteiger partial charge on any atom is 0.326 e. The molecule has 0 radical (unpaired) electrons. The largest absolute Gasteiger partial charge is 0.493 e. The Morgan fingerprint density at radius 3 is 2.74 bits per heavy atom. The minimum Gasteiger partial charge on any atom is -0.493 e. The zero-order valence-corrected chi connectivity index (χ0v) is 19.4. The number of carbonyl (C=O) groups is 1. The van der Waals surface area contributed by atoms with Crippen molar-refractivity contribution in [3.05, 3.63) is 56.2 Å². The van der Waals surface area contributed by atoms with Crippen molar-refractivity contribution in [1.82, 2.24) is 29.5 Å². The van der Waals surface area contributed by atoms with E-state index in [2.05, 4.69) is 15.1 Å². The lowest BCUT2D eigenvalue weighted by Gasteiger charge is -2.28. The highest BCUT2D eigenvalue weighted by molar-refractivity contribution is 7.17. The number of aromatic hydroxyl groups is 1. The fourth-order valence-corrected chi connectivity index (χ4v) is 5.05. The molecule has 5 heterocycles. The van der Waals surface area contributed by atoms with E-state index in [9.17, 15) is 19.1 Å². The van der Waals surface area contributed by atoms with E-state index >= 15 is 0 Å². The summed E-state index contributed by atoms with van der Waals surface area (Å²) in [5.74, 6) is -0.367. The lowest BCUT2D eigenvalue weighted by atomic mass is 10.1. The zero-order chi connectivity index (χ0) is 24.1. The third-order valence-corrected chi connectivity index (χ3v) is 7.25. The van der Waals surface area contributed by atoms with Crippen LogP contribution in [-0.4, -0.2) is 65.8 Å². The Kier molecular flexibility index (Phi) is 5.24. The molecule has 2 fully saturated rings. The maximum absolute atomic E-state index is 13.5. The van der Waals surface area contributed by atoms with Crippen LogP contribution in [0.3, 0.4) is 0 Å². The molecule has 4 aromatic heterocycles. The molecule has 0 atom stereocenters. The van der Waals surface area contributed by atoms with E-state index in [1.807, 2.05) is 12.1 Å². The molecule has 4 aromatic rings. The number of nitrogens with zero attached hydrogens (tertiary/aromatic N) is 5. The van der Waals surface area contributed by atoms with Crippen LogP contribution in [0.4, 0.5) is 4.39 Å². The number of aromatic amines is 2. The Labute approximate surface area is 201 Å². The van der Waals surface area contributed by atoms with Gasteiger partial charge in [0.15, 0.2) is 11.1 Å². The monoisotopic (exact) mass is 495 g/mol. The Balaban J connectivity index is 1.42. The molecular weight excluding hydrogens is 473 g/mol. The molecule has 1 amide bonds. The van der Waals surface area contributed by atoms with E-state index < -0.39 is 11.9 Å². The molecule has 3 N–H and O–H groups in total. The van der Waals surface area contributed by atoms with E-state index in [0.717, 1.165) is 17.7 Å². The Morgan fingerprint density at radius 1 is 1.23 bits per heavy atom. The van der Waals surface area contributed by atoms with Crippen LogP contribution in [0.5, 0.6) is 5.88 Å². The third kappa shape index (κ3) is 4.25. The van der Waals surface area contributed by atoms with Gasteiger partial charge in [0.25, 0.3) is 5.91 Å². The number of H-pyrrole nitrogens is 2. The number of hydrogen-bond donors (Lipinski definition) is 3. The molecule has 0 unspecified atom stereocenters. The van der Waals surface area contributed by atoms with Crippen molar-refractivity contribution in [2.45, 2.75) is 37.9 Å². The maximum atomic E-state index is 13.5. The molecule has 12 heteroatoms. The van der Waals surface area contributed by atoms with Gasteiger partial charge >= 0.3 is 5.69 Å². The van der Waals surface area contributed by atoms with E-state index in [-0.39, 0.29) is 23.5 Å². The third-order valence-electron chi connectivity index (χ3n) is 6.16. The average Bonchev–Trinajstić information content (AvgIpc) is 3.23. The van der Waals surface area contributed by atoms with Gasteiger partial charge in [-0.15, -0.1) is 11.3 Å². The number of fused-ring (bicyclic) bond motifs is 1. The first-order valence-corrected chi connectivity index (χ1v) is 12.3. The number of hydrogen-bond acceptors (Lipinski definition) is 7. The highest BCUT2D eigenvalue weighted by atomic mass is 32.1. The van der Waals surface area contributed by atoms with Crippen molar-refractivity contribution in [3.8, 4) is 16.5 Å². The first kappa shape index (κ1) is 21.7. The van der Waals surface area contributed by atoms with Gasteiger partial charge in [-0.2, -0.15) is 9.61 Å². The summed E-state index contributed by atoms with van der Waals surface area (Å²) >= 11 is 1.34. The Hall–Kier alpha value is -3.80. The molecule has 180 valence electrons. The van der Waals surface area contributed by atoms with E-state index in [0.29, 0.717) is 52.9 Å². The highest BCUT2D eigenvalue weighted by Gasteiger charge is 2.25. The lowest BCUT2D eigenvalue weighted by molar-refractivity contribution is 0.0672. The second-order valence-electron chi connectivity index (χ2n) is 8.81. The van der Waals surface area contributed by atoms with Crippen LogP contribution in [0.25, 0.3) is 22.3 Å². The van der Waals surface area contributed by atoms with Gasteiger partial charge < -0.3 is 15.0 Å². The summed E-state index contributed by atoms with van der Waals surface area (Å²) in [5.41, 5.74) is 1.50. The van der Waals surface area contributed by atoms with Gasteiger partial charge in [-0.05, 0) is 43.9 Å². The average molecular weight is 496 g/mol. The predicted molar refractivity (Wildman–Crippen MR) is 127 cm³/mol. The Morgan fingerprint density at radius 2 is 2.03 bits per heavy atom. The summed E-state index contributed by atoms with van der Waals surface area (Å²) in [6, 6.07) is 5.73. The van der Waals surface area contributed by atoms with Crippen molar-refractivity contribution in [2.75, 3.05) is 13.1 Å². The molecule has 6 rings (SSSR count). The number of rotatable bonds is 4. The number of aromatic nitrogens is 5. The predicted octanol–water partition coefficient (Wildman–Crippen LogP) is 1.36. The number of carbonyl (C=O) groups excluding carboxylic acids is 1. The summed E-state index contributed by atoms with van der Waals surface area (Å²) in [5, 5.41) is 15.0. The molecule has 35 heavy (non-hydrogen) atoms. The van der Waals surface area contributed by atoms with Gasteiger partial charge in [-0.3, -0.25) is 14.8 Å². The quantitative estimate of drug-likeness (QED) is 0.393. The molecule has 1 aliphatic carbocycles. The number of alkyl halides is 1. The van der Waals surface area contributed by atoms with Gasteiger partial charge in [0, 0.05) is 24.4 Å². The number of thiophene rings is 1. The number of piperidine rings is 1. The van der Waals surface area contributed by atoms with Crippen molar-refractivity contribution in [2.24, 2.45) is 4.99 Å². The molecule has 1 aliphatic heterocycles. The second kappa shape index (κ2) is 8.45. The molecule has 0 aromatic carbocycles. The van der Waals surface area contributed by atoms with Crippen molar-refractivity contribution >= 4 is 29.0 Å². The highest BCUT2D eigenvalue weighted by Crippen LogP contribution is 2.28. The van der Waals surface area contributed by atoms with Gasteiger partial charge in [-0.1, -0.05) is 0 Å². The van der Waals surface area contributed by atoms with Gasteiger partial charge in [0.05, 0.1) is 27.7 Å². The number of imidazole rings is 1. The first-order chi connectivity index (χ1) is 16.9. The van der Waals surface area contributed by atoms with Crippen LogP contribution < -0.4 is 16.4 Å². The van der Waals surface area contributed by atoms with Crippen LogP contribution in [0.2, 0.25) is 0 Å². The summed E-state index contributed by atoms with van der Waals surface area (Å²) in [7, 11) is 0. The molecule has 1 saturated heterocycles. The number of amides is 1. The van der Waals surface area contributed by atoms with Crippen LogP contribution in [-0.2, 0) is 0 Å². The number of halogens is 1. The van der Waals surface area contributed by atoms with Crippen LogP contribution in [0.1, 0.15) is 41.0 Å². The smallest absolute Gasteiger partial charge is 0.326 e. The SMILES string of the molecule is O=C(c1ccc(-c2cc(=NC3CC3)n3nc/c(=C/c4[nH]c(=O)[nH]c4O)c3n2)s1)N1CCC(F)CC1. The summed E-state index contributed by atoms with van der Waals surface area (Å²) in [6.07, 6.45) is 5.13. The standard InChI is InChI=1S/C23H22FN7O3S/c24-13-5-7-30(8-6-13)22(33)18-4-3-17(35-18)15-10-19(26-14-1-2-14)31-20(27-15)12(11-25-31)9-16-21(32)29-23(34)28-16/h3-4,9-11,13-14,32H,1-2,5-8H2,(H2,28,29,34)/b12-9-,26-19?. The molecule has 10 nitrogen and oxygen atoms in total. The normalized spacial score (nSPS) is 18.1. The summed E-state index contributed by atoms with van der Waals surface area (Å²) in [4.78, 5) is 41.9. The van der Waals surface area contributed by atoms with Crippen LogP contribution >= 0.6 is 11.3 Å². The molecule has 0 bridgehead atoms.